The highest BCUT2D eigenvalue weighted by molar-refractivity contribution is 9.10. The lowest BCUT2D eigenvalue weighted by Crippen LogP contribution is -2.04. The Balaban J connectivity index is 2.25. The van der Waals surface area contributed by atoms with Gasteiger partial charge in [0.25, 0.3) is 0 Å². The van der Waals surface area contributed by atoms with Gasteiger partial charge in [0, 0.05) is 16.4 Å². The summed E-state index contributed by atoms with van der Waals surface area (Å²) in [6.45, 7) is 0.548. The molecule has 1 aromatic heterocycles. The molecule has 0 saturated heterocycles. The molecule has 5 nitrogen and oxygen atoms in total. The summed E-state index contributed by atoms with van der Waals surface area (Å²) in [7, 11) is 1.67. The zero-order valence-electron chi connectivity index (χ0n) is 10.1. The fourth-order valence-electron chi connectivity index (χ4n) is 1.71. The molecule has 0 aliphatic heterocycles. The first-order valence-electron chi connectivity index (χ1n) is 5.54. The van der Waals surface area contributed by atoms with E-state index in [1.54, 1.807) is 36.6 Å². The molecule has 1 heterocycles. The average Bonchev–Trinajstić information content (AvgIpc) is 2.81. The number of nitro groups is 1. The Morgan fingerprint density at radius 2 is 2.11 bits per heavy atom. The molecule has 1 aromatic carbocycles. The van der Waals surface area contributed by atoms with Crippen LogP contribution in [0, 0.1) is 10.1 Å². The number of rotatable bonds is 5. The normalized spacial score (nSPS) is 10.2. The van der Waals surface area contributed by atoms with E-state index in [1.807, 2.05) is 11.4 Å². The number of para-hydroxylation sites is 1. The van der Waals surface area contributed by atoms with E-state index in [4.69, 9.17) is 0 Å². The summed E-state index contributed by atoms with van der Waals surface area (Å²) in [6.07, 6.45) is 0. The maximum absolute atomic E-state index is 11.1. The van der Waals surface area contributed by atoms with Gasteiger partial charge >= 0.3 is 5.69 Å². The number of nitro benzene ring substituents is 1. The highest BCUT2D eigenvalue weighted by Crippen LogP contribution is 2.33. The van der Waals surface area contributed by atoms with Crippen molar-refractivity contribution in [1.82, 2.24) is 0 Å². The molecule has 2 N–H and O–H groups in total. The molecule has 2 rings (SSSR count). The molecule has 0 spiro atoms. The van der Waals surface area contributed by atoms with Crippen LogP contribution in [0.25, 0.3) is 0 Å². The second kappa shape index (κ2) is 6.03. The van der Waals surface area contributed by atoms with Gasteiger partial charge in [0.1, 0.15) is 11.4 Å². The number of thiophene rings is 1. The molecule has 0 radical (unpaired) electrons. The van der Waals surface area contributed by atoms with E-state index in [1.165, 1.54) is 0 Å². The fraction of sp³-hybridized carbons (Fsp3) is 0.167. The van der Waals surface area contributed by atoms with Crippen LogP contribution >= 0.6 is 27.3 Å². The summed E-state index contributed by atoms with van der Waals surface area (Å²) in [4.78, 5) is 11.9. The molecular formula is C12H12BrN3O2S. The van der Waals surface area contributed by atoms with Crippen molar-refractivity contribution < 1.29 is 4.92 Å². The van der Waals surface area contributed by atoms with E-state index in [0.29, 0.717) is 17.9 Å². The summed E-state index contributed by atoms with van der Waals surface area (Å²) in [5, 5.41) is 19.1. The quantitative estimate of drug-likeness (QED) is 0.635. The van der Waals surface area contributed by atoms with Gasteiger partial charge in [-0.3, -0.25) is 10.1 Å². The van der Waals surface area contributed by atoms with Gasteiger partial charge in [-0.15, -0.1) is 11.3 Å². The second-order valence-electron chi connectivity index (χ2n) is 3.75. The first-order chi connectivity index (χ1) is 9.13. The van der Waals surface area contributed by atoms with Gasteiger partial charge < -0.3 is 10.6 Å². The molecule has 0 fully saturated rings. The minimum absolute atomic E-state index is 0.0673. The van der Waals surface area contributed by atoms with Crippen molar-refractivity contribution in [2.45, 2.75) is 6.54 Å². The lowest BCUT2D eigenvalue weighted by molar-refractivity contribution is -0.383. The SMILES string of the molecule is CNc1cccc(NCc2sccc2Br)c1[N+](=O)[O-]. The monoisotopic (exact) mass is 341 g/mol. The largest absolute Gasteiger partial charge is 0.382 e. The van der Waals surface area contributed by atoms with Crippen LogP contribution < -0.4 is 10.6 Å². The Labute approximate surface area is 122 Å². The van der Waals surface area contributed by atoms with E-state index in [0.717, 1.165) is 9.35 Å². The standard InChI is InChI=1S/C12H12BrN3O2S/c1-14-9-3-2-4-10(12(9)16(17)18)15-7-11-8(13)5-6-19-11/h2-6,14-15H,7H2,1H3. The van der Waals surface area contributed by atoms with Gasteiger partial charge in [0.2, 0.25) is 0 Å². The van der Waals surface area contributed by atoms with Crippen LogP contribution in [0.2, 0.25) is 0 Å². The van der Waals surface area contributed by atoms with Gasteiger partial charge in [-0.1, -0.05) is 6.07 Å². The Hall–Kier alpha value is -1.60. The fourth-order valence-corrected chi connectivity index (χ4v) is 3.14. The van der Waals surface area contributed by atoms with Gasteiger partial charge in [0.05, 0.1) is 11.5 Å². The number of nitrogens with zero attached hydrogens (tertiary/aromatic N) is 1. The molecule has 0 saturated carbocycles. The first kappa shape index (κ1) is 13.8. The van der Waals surface area contributed by atoms with Crippen molar-refractivity contribution in [3.05, 3.63) is 49.1 Å². The molecule has 0 aliphatic carbocycles. The molecule has 7 heteroatoms. The molecule has 0 amide bonds. The van der Waals surface area contributed by atoms with E-state index < -0.39 is 0 Å². The predicted octanol–water partition coefficient (Wildman–Crippen LogP) is 4.07. The highest BCUT2D eigenvalue weighted by atomic mass is 79.9. The first-order valence-corrected chi connectivity index (χ1v) is 7.21. The van der Waals surface area contributed by atoms with Crippen LogP contribution in [-0.4, -0.2) is 12.0 Å². The van der Waals surface area contributed by atoms with Crippen molar-refractivity contribution in [3.63, 3.8) is 0 Å². The minimum Gasteiger partial charge on any atom is -0.382 e. The molecule has 0 atom stereocenters. The summed E-state index contributed by atoms with van der Waals surface area (Å²) in [5.74, 6) is 0. The topological polar surface area (TPSA) is 67.2 Å². The number of nitrogens with one attached hydrogen (secondary N) is 2. The predicted molar refractivity (Wildman–Crippen MR) is 82.0 cm³/mol. The van der Waals surface area contributed by atoms with Gasteiger partial charge in [-0.05, 0) is 39.5 Å². The minimum atomic E-state index is -0.377. The molecule has 100 valence electrons. The number of hydrogen-bond donors (Lipinski definition) is 2. The Kier molecular flexibility index (Phi) is 4.39. The summed E-state index contributed by atoms with van der Waals surface area (Å²) >= 11 is 5.04. The Morgan fingerprint density at radius 3 is 2.68 bits per heavy atom. The number of halogens is 1. The summed E-state index contributed by atoms with van der Waals surface area (Å²) in [6, 6.07) is 7.13. The Bertz CT molecular complexity index is 600. The molecule has 0 unspecified atom stereocenters. The van der Waals surface area contributed by atoms with Crippen molar-refractivity contribution >= 4 is 44.3 Å². The molecule has 0 aliphatic rings. The average molecular weight is 342 g/mol. The highest BCUT2D eigenvalue weighted by Gasteiger charge is 2.18. The maximum atomic E-state index is 11.1. The third kappa shape index (κ3) is 3.05. The van der Waals surface area contributed by atoms with Gasteiger partial charge in [-0.25, -0.2) is 0 Å². The molecule has 2 aromatic rings. The lowest BCUT2D eigenvalue weighted by Gasteiger charge is -2.09. The summed E-state index contributed by atoms with van der Waals surface area (Å²) < 4.78 is 1.01. The van der Waals surface area contributed by atoms with Crippen LogP contribution in [-0.2, 0) is 6.54 Å². The Morgan fingerprint density at radius 1 is 1.37 bits per heavy atom. The number of hydrogen-bond acceptors (Lipinski definition) is 5. The molecular weight excluding hydrogens is 330 g/mol. The third-order valence-electron chi connectivity index (χ3n) is 2.62. The number of anilines is 2. The van der Waals surface area contributed by atoms with Gasteiger partial charge in [0.15, 0.2) is 0 Å². The summed E-state index contributed by atoms with van der Waals surface area (Å²) in [5.41, 5.74) is 1.08. The zero-order valence-corrected chi connectivity index (χ0v) is 12.5. The molecule has 19 heavy (non-hydrogen) atoms. The van der Waals surface area contributed by atoms with Crippen LogP contribution in [0.5, 0.6) is 0 Å². The maximum Gasteiger partial charge on any atom is 0.315 e. The van der Waals surface area contributed by atoms with E-state index in [9.17, 15) is 10.1 Å². The van der Waals surface area contributed by atoms with Gasteiger partial charge in [-0.2, -0.15) is 0 Å². The van der Waals surface area contributed by atoms with Crippen LogP contribution in [0.3, 0.4) is 0 Å². The molecule has 0 bridgehead atoms. The lowest BCUT2D eigenvalue weighted by atomic mass is 10.2. The van der Waals surface area contributed by atoms with Crippen LogP contribution in [0.4, 0.5) is 17.1 Å². The van der Waals surface area contributed by atoms with Crippen LogP contribution in [0.15, 0.2) is 34.1 Å². The zero-order chi connectivity index (χ0) is 13.8. The van der Waals surface area contributed by atoms with E-state index in [-0.39, 0.29) is 10.6 Å². The van der Waals surface area contributed by atoms with E-state index in [2.05, 4.69) is 26.6 Å². The van der Waals surface area contributed by atoms with Crippen molar-refractivity contribution in [2.24, 2.45) is 0 Å². The van der Waals surface area contributed by atoms with E-state index >= 15 is 0 Å². The van der Waals surface area contributed by atoms with Crippen molar-refractivity contribution in [1.29, 1.82) is 0 Å². The van der Waals surface area contributed by atoms with Crippen molar-refractivity contribution in [2.75, 3.05) is 17.7 Å². The second-order valence-corrected chi connectivity index (χ2v) is 5.61. The van der Waals surface area contributed by atoms with Crippen molar-refractivity contribution in [3.8, 4) is 0 Å². The smallest absolute Gasteiger partial charge is 0.315 e. The van der Waals surface area contributed by atoms with Crippen LogP contribution in [0.1, 0.15) is 4.88 Å². The third-order valence-corrected chi connectivity index (χ3v) is 4.54. The number of benzene rings is 1.